The first-order valence-electron chi connectivity index (χ1n) is 16.6. The minimum Gasteiger partial charge on any atom is -0.462 e. The summed E-state index contributed by atoms with van der Waals surface area (Å²) in [6.45, 7) is 14.9. The van der Waals surface area contributed by atoms with Crippen molar-refractivity contribution in [1.29, 1.82) is 0 Å². The van der Waals surface area contributed by atoms with Crippen molar-refractivity contribution < 1.29 is 9.53 Å². The highest BCUT2D eigenvalue weighted by Crippen LogP contribution is 2.67. The number of allylic oxidation sites excluding steroid dienone is 1. The Morgan fingerprint density at radius 2 is 1.73 bits per heavy atom. The molecule has 0 spiro atoms. The fourth-order valence-corrected chi connectivity index (χ4v) is 9.87. The summed E-state index contributed by atoms with van der Waals surface area (Å²) in [6.07, 6.45) is 23.9. The molecule has 0 aromatic carbocycles. The van der Waals surface area contributed by atoms with Crippen LogP contribution in [0.1, 0.15) is 151 Å². The molecular formula is C35H60O2. The van der Waals surface area contributed by atoms with Gasteiger partial charge in [0.25, 0.3) is 0 Å². The summed E-state index contributed by atoms with van der Waals surface area (Å²) < 4.78 is 6.02. The number of esters is 1. The number of rotatable bonds is 12. The lowest BCUT2D eigenvalue weighted by Gasteiger charge is -2.58. The molecular weight excluding hydrogens is 452 g/mol. The minimum absolute atomic E-state index is 0.0485. The molecule has 2 heteroatoms. The zero-order valence-corrected chi connectivity index (χ0v) is 25.5. The van der Waals surface area contributed by atoms with Crippen molar-refractivity contribution in [2.24, 2.45) is 46.3 Å². The largest absolute Gasteiger partial charge is 0.462 e. The van der Waals surface area contributed by atoms with Crippen LogP contribution in [-0.4, -0.2) is 12.1 Å². The van der Waals surface area contributed by atoms with Gasteiger partial charge in [0, 0.05) is 12.8 Å². The predicted octanol–water partition coefficient (Wildman–Crippen LogP) is 10.3. The molecule has 8 atom stereocenters. The molecule has 4 rings (SSSR count). The lowest BCUT2D eigenvalue weighted by molar-refractivity contribution is -0.151. The molecule has 0 radical (unpaired) electrons. The number of fused-ring (bicyclic) bond motifs is 5. The van der Waals surface area contributed by atoms with Crippen LogP contribution in [0.4, 0.5) is 0 Å². The quantitative estimate of drug-likeness (QED) is 0.148. The Morgan fingerprint density at radius 1 is 0.946 bits per heavy atom. The van der Waals surface area contributed by atoms with E-state index in [1.807, 2.05) is 0 Å². The van der Waals surface area contributed by atoms with E-state index in [-0.39, 0.29) is 12.1 Å². The van der Waals surface area contributed by atoms with Gasteiger partial charge in [0.2, 0.25) is 0 Å². The first kappa shape index (κ1) is 29.2. The molecule has 3 fully saturated rings. The smallest absolute Gasteiger partial charge is 0.306 e. The van der Waals surface area contributed by atoms with E-state index in [1.54, 1.807) is 5.57 Å². The average molecular weight is 513 g/mol. The summed E-state index contributed by atoms with van der Waals surface area (Å²) in [5.41, 5.74) is 2.54. The van der Waals surface area contributed by atoms with Crippen molar-refractivity contribution in [3.8, 4) is 0 Å². The second kappa shape index (κ2) is 12.6. The van der Waals surface area contributed by atoms with Crippen molar-refractivity contribution in [3.63, 3.8) is 0 Å². The summed E-state index contributed by atoms with van der Waals surface area (Å²) in [7, 11) is 0. The van der Waals surface area contributed by atoms with Gasteiger partial charge in [0.1, 0.15) is 6.10 Å². The molecule has 0 heterocycles. The van der Waals surface area contributed by atoms with E-state index in [0.29, 0.717) is 17.3 Å². The molecule has 0 aromatic heterocycles. The van der Waals surface area contributed by atoms with Gasteiger partial charge in [0.05, 0.1) is 0 Å². The average Bonchev–Trinajstić information content (AvgIpc) is 3.21. The third kappa shape index (κ3) is 6.35. The van der Waals surface area contributed by atoms with Gasteiger partial charge in [-0.2, -0.15) is 0 Å². The van der Waals surface area contributed by atoms with E-state index in [9.17, 15) is 4.79 Å². The second-order valence-corrected chi connectivity index (χ2v) is 14.8. The zero-order valence-electron chi connectivity index (χ0n) is 25.5. The standard InChI is InChI=1S/C35H60O2/c1-7-8-9-10-11-15-33(36)37-28-20-22-34(5)27(24-28)16-17-29-31-19-18-30(26(4)14-12-13-25(2)3)35(31,6)23-21-32(29)34/h16,25-26,28-32H,7-15,17-24H2,1-6H3/t26-,28+,29+,30-,31+,32+,34+,35-/m1/s1. The second-order valence-electron chi connectivity index (χ2n) is 14.8. The molecule has 4 aliphatic rings. The molecule has 0 bridgehead atoms. The first-order valence-corrected chi connectivity index (χ1v) is 16.6. The Kier molecular flexibility index (Phi) is 9.94. The molecule has 0 aliphatic heterocycles. The maximum Gasteiger partial charge on any atom is 0.306 e. The summed E-state index contributed by atoms with van der Waals surface area (Å²) in [4.78, 5) is 12.5. The molecule has 2 nitrogen and oxygen atoms in total. The normalized spacial score (nSPS) is 37.9. The van der Waals surface area contributed by atoms with Crippen LogP contribution in [0.3, 0.4) is 0 Å². The molecule has 0 N–H and O–H groups in total. The zero-order chi connectivity index (χ0) is 26.6. The highest BCUT2D eigenvalue weighted by Gasteiger charge is 2.59. The van der Waals surface area contributed by atoms with E-state index in [4.69, 9.17) is 4.74 Å². The predicted molar refractivity (Wildman–Crippen MR) is 156 cm³/mol. The van der Waals surface area contributed by atoms with Crippen molar-refractivity contribution >= 4 is 5.97 Å². The van der Waals surface area contributed by atoms with Crippen molar-refractivity contribution in [2.75, 3.05) is 0 Å². The van der Waals surface area contributed by atoms with Gasteiger partial charge in [0.15, 0.2) is 0 Å². The van der Waals surface area contributed by atoms with Crippen molar-refractivity contribution in [2.45, 2.75) is 157 Å². The van der Waals surface area contributed by atoms with E-state index >= 15 is 0 Å². The summed E-state index contributed by atoms with van der Waals surface area (Å²) in [5, 5.41) is 0. The molecule has 3 saturated carbocycles. The van der Waals surface area contributed by atoms with Crippen LogP contribution in [-0.2, 0) is 9.53 Å². The lowest BCUT2D eigenvalue weighted by atomic mass is 9.47. The number of hydrogen-bond donors (Lipinski definition) is 0. The topological polar surface area (TPSA) is 26.3 Å². The van der Waals surface area contributed by atoms with Crippen LogP contribution in [0.5, 0.6) is 0 Å². The monoisotopic (exact) mass is 512 g/mol. The lowest BCUT2D eigenvalue weighted by Crippen LogP contribution is -2.51. The third-order valence-corrected chi connectivity index (χ3v) is 12.0. The van der Waals surface area contributed by atoms with Crippen molar-refractivity contribution in [1.82, 2.24) is 0 Å². The Hall–Kier alpha value is -0.790. The first-order chi connectivity index (χ1) is 17.7. The highest BCUT2D eigenvalue weighted by molar-refractivity contribution is 5.69. The Bertz CT molecular complexity index is 782. The number of hydrogen-bond acceptors (Lipinski definition) is 2. The molecule has 0 saturated heterocycles. The van der Waals surface area contributed by atoms with Gasteiger partial charge in [-0.05, 0) is 97.7 Å². The number of ether oxygens (including phenoxy) is 1. The Balaban J connectivity index is 1.34. The van der Waals surface area contributed by atoms with Crippen LogP contribution in [0.25, 0.3) is 0 Å². The van der Waals surface area contributed by atoms with Crippen LogP contribution in [0.15, 0.2) is 11.6 Å². The molecule has 212 valence electrons. The van der Waals surface area contributed by atoms with Gasteiger partial charge in [-0.25, -0.2) is 0 Å². The van der Waals surface area contributed by atoms with Crippen LogP contribution in [0.2, 0.25) is 0 Å². The number of unbranched alkanes of at least 4 members (excludes halogenated alkanes) is 4. The van der Waals surface area contributed by atoms with Crippen LogP contribution in [0, 0.1) is 46.3 Å². The maximum absolute atomic E-state index is 12.5. The SMILES string of the molecule is CCCCCCCC(=O)O[C@H]1CC[C@@]2(C)C(=CC[C@H]3[C@@H]4CC[C@H]([C@H](C)CCCC(C)C)[C@@]4(C)CC[C@@H]32)C1. The van der Waals surface area contributed by atoms with Gasteiger partial charge >= 0.3 is 5.97 Å². The van der Waals surface area contributed by atoms with E-state index < -0.39 is 0 Å². The van der Waals surface area contributed by atoms with Gasteiger partial charge in [-0.1, -0.05) is 98.1 Å². The molecule has 0 aromatic rings. The van der Waals surface area contributed by atoms with Crippen molar-refractivity contribution in [3.05, 3.63) is 11.6 Å². The molecule has 4 aliphatic carbocycles. The Morgan fingerprint density at radius 3 is 2.49 bits per heavy atom. The summed E-state index contributed by atoms with van der Waals surface area (Å²) in [6, 6.07) is 0. The van der Waals surface area contributed by atoms with Gasteiger partial charge < -0.3 is 4.74 Å². The van der Waals surface area contributed by atoms with Gasteiger partial charge in [-0.15, -0.1) is 0 Å². The number of carbonyl (C=O) groups is 1. The summed E-state index contributed by atoms with van der Waals surface area (Å²) in [5.74, 6) is 5.34. The fourth-order valence-electron chi connectivity index (χ4n) is 9.87. The summed E-state index contributed by atoms with van der Waals surface area (Å²) >= 11 is 0. The fraction of sp³-hybridized carbons (Fsp3) is 0.914. The minimum atomic E-state index is 0.0485. The Labute approximate surface area is 230 Å². The van der Waals surface area contributed by atoms with Crippen LogP contribution < -0.4 is 0 Å². The third-order valence-electron chi connectivity index (χ3n) is 12.0. The van der Waals surface area contributed by atoms with E-state index in [0.717, 1.165) is 61.2 Å². The van der Waals surface area contributed by atoms with Crippen LogP contribution >= 0.6 is 0 Å². The molecule has 37 heavy (non-hydrogen) atoms. The van der Waals surface area contributed by atoms with E-state index in [1.165, 1.54) is 77.0 Å². The number of carbonyl (C=O) groups excluding carboxylic acids is 1. The molecule has 0 unspecified atom stereocenters. The maximum atomic E-state index is 12.5. The highest BCUT2D eigenvalue weighted by atomic mass is 16.5. The van der Waals surface area contributed by atoms with Gasteiger partial charge in [-0.3, -0.25) is 4.79 Å². The molecule has 0 amide bonds. The van der Waals surface area contributed by atoms with E-state index in [2.05, 4.69) is 47.6 Å².